The molecule has 0 spiro atoms. The van der Waals surface area contributed by atoms with Crippen LogP contribution in [-0.2, 0) is 4.74 Å². The SMILES string of the molecule is CN1CCN(c2ccc(/C(=C(/CCCO)c3ccccc3)c3ccc(O)cc3)cc2)CC1.OCCC/C(=C(\c1ccc(O)cc1)c1ccc(C2CCC2)cc1)c1ccccc1.OCCC/C(=C(\c1ccc(O)cc1)c1ccc(N2CCOCC2)cc1)c1ccccc1. The summed E-state index contributed by atoms with van der Waals surface area (Å²) in [5.41, 5.74) is 21.1. The Labute approximate surface area is 544 Å². The molecule has 0 amide bonds. The molecular formula is C82H89N3O7. The van der Waals surface area contributed by atoms with Gasteiger partial charge in [-0.25, -0.2) is 0 Å². The molecule has 0 aromatic heterocycles. The van der Waals surface area contributed by atoms with Gasteiger partial charge in [0.1, 0.15) is 17.2 Å². The quantitative estimate of drug-likeness (QED) is 0.0385. The topological polar surface area (TPSA) is 140 Å². The Balaban J connectivity index is 0.000000151. The molecule has 92 heavy (non-hydrogen) atoms. The number of hydrogen-bond donors (Lipinski definition) is 6. The number of piperazine rings is 1. The summed E-state index contributed by atoms with van der Waals surface area (Å²) < 4.78 is 5.48. The normalized spacial score (nSPS) is 15.1. The number of benzene rings is 9. The van der Waals surface area contributed by atoms with E-state index in [2.05, 4.69) is 155 Å². The lowest BCUT2D eigenvalue weighted by Gasteiger charge is -2.34. The van der Waals surface area contributed by atoms with Crippen molar-refractivity contribution < 1.29 is 35.4 Å². The van der Waals surface area contributed by atoms with Crippen LogP contribution in [0, 0.1) is 0 Å². The van der Waals surface area contributed by atoms with Crippen LogP contribution in [-0.4, -0.2) is 115 Å². The lowest BCUT2D eigenvalue weighted by Crippen LogP contribution is -2.44. The van der Waals surface area contributed by atoms with Gasteiger partial charge >= 0.3 is 0 Å². The van der Waals surface area contributed by atoms with Crippen molar-refractivity contribution in [3.05, 3.63) is 292 Å². The standard InChI is InChI=1S/C28H32N2O2.C27H29NO3.C27H28O2/c1-29-17-19-30(20-18-29)25-13-9-23(10-14-25)28(24-11-15-26(32)16-12-24)27(8-5-21-31)22-6-3-2-4-7-22;29-18-4-7-26(21-5-2-1-3-6-21)27(23-10-14-25(30)15-11-23)22-8-12-24(13-9-22)28-16-19-31-20-17-28;28-19-5-10-26(22-6-2-1-3-7-22)27(24-15-17-25(29)18-16-24)23-13-11-21(12-14-23)20-8-4-9-20/h2-4,6-7,9-16,31-32H,5,8,17-21H2,1H3;1-3,5-6,8-15,29-30H,4,7,16-20H2;1-3,6-7,11-18,20,28-29H,4-5,8-10,19H2/b28-27+;2*27-26+. The van der Waals surface area contributed by atoms with Crippen LogP contribution in [0.25, 0.3) is 33.4 Å². The molecule has 9 aromatic carbocycles. The monoisotopic (exact) mass is 1230 g/mol. The zero-order chi connectivity index (χ0) is 63.9. The number of likely N-dealkylation sites (N-methyl/N-ethyl adjacent to an activating group) is 1. The van der Waals surface area contributed by atoms with E-state index in [4.69, 9.17) is 4.74 Å². The molecule has 12 rings (SSSR count). The van der Waals surface area contributed by atoms with Gasteiger partial charge < -0.3 is 50.1 Å². The molecule has 3 aliphatic rings. The zero-order valence-corrected chi connectivity index (χ0v) is 53.2. The van der Waals surface area contributed by atoms with Crippen LogP contribution in [0.15, 0.2) is 237 Å². The number of aromatic hydroxyl groups is 3. The number of rotatable bonds is 21. The van der Waals surface area contributed by atoms with Gasteiger partial charge in [0.25, 0.3) is 0 Å². The molecule has 2 heterocycles. The number of aliphatic hydroxyl groups excluding tert-OH is 3. The molecular weight excluding hydrogens is 1140 g/mol. The maximum absolute atomic E-state index is 9.85. The number of aliphatic hydroxyl groups is 3. The first-order valence-electron chi connectivity index (χ1n) is 32.8. The second-order valence-electron chi connectivity index (χ2n) is 24.0. The van der Waals surface area contributed by atoms with Crippen LogP contribution in [0.5, 0.6) is 17.2 Å². The number of anilines is 2. The first-order valence-corrected chi connectivity index (χ1v) is 32.8. The Morgan fingerprint density at radius 1 is 0.348 bits per heavy atom. The van der Waals surface area contributed by atoms with E-state index in [0.717, 1.165) is 122 Å². The summed E-state index contributed by atoms with van der Waals surface area (Å²) in [7, 11) is 2.17. The highest BCUT2D eigenvalue weighted by Crippen LogP contribution is 2.42. The fourth-order valence-electron chi connectivity index (χ4n) is 12.6. The average molecular weight is 1230 g/mol. The Kier molecular flexibility index (Phi) is 24.3. The average Bonchev–Trinajstić information content (AvgIpc) is 0.882. The summed E-state index contributed by atoms with van der Waals surface area (Å²) in [6.45, 7) is 8.07. The van der Waals surface area contributed by atoms with E-state index < -0.39 is 0 Å². The van der Waals surface area contributed by atoms with Crippen LogP contribution in [0.4, 0.5) is 11.4 Å². The molecule has 1 aliphatic carbocycles. The maximum atomic E-state index is 9.85. The van der Waals surface area contributed by atoms with E-state index in [1.165, 1.54) is 69.6 Å². The van der Waals surface area contributed by atoms with Gasteiger partial charge in [0.15, 0.2) is 0 Å². The molecule has 3 fully saturated rings. The minimum absolute atomic E-state index is 0.148. The summed E-state index contributed by atoms with van der Waals surface area (Å²) in [6.07, 6.45) is 8.37. The highest BCUT2D eigenvalue weighted by Gasteiger charge is 2.22. The highest BCUT2D eigenvalue weighted by atomic mass is 16.5. The van der Waals surface area contributed by atoms with Crippen LogP contribution in [0.2, 0.25) is 0 Å². The third-order valence-electron chi connectivity index (χ3n) is 17.8. The van der Waals surface area contributed by atoms with Crippen molar-refractivity contribution in [2.24, 2.45) is 0 Å². The minimum atomic E-state index is 0.148. The third-order valence-corrected chi connectivity index (χ3v) is 17.8. The number of ether oxygens (including phenoxy) is 1. The van der Waals surface area contributed by atoms with Gasteiger partial charge in [-0.1, -0.05) is 182 Å². The number of nitrogens with zero attached hydrogens (tertiary/aromatic N) is 3. The van der Waals surface area contributed by atoms with Crippen LogP contribution in [0.1, 0.15) is 119 Å². The Bertz CT molecular complexity index is 3760. The predicted molar refractivity (Wildman–Crippen MR) is 379 cm³/mol. The van der Waals surface area contributed by atoms with Gasteiger partial charge in [-0.3, -0.25) is 0 Å². The lowest BCUT2D eigenvalue weighted by atomic mass is 9.79. The van der Waals surface area contributed by atoms with Crippen molar-refractivity contribution in [1.82, 2.24) is 4.90 Å². The molecule has 2 saturated heterocycles. The summed E-state index contributed by atoms with van der Waals surface area (Å²) in [5.74, 6) is 1.50. The Morgan fingerprint density at radius 3 is 0.935 bits per heavy atom. The molecule has 0 atom stereocenters. The maximum Gasteiger partial charge on any atom is 0.115 e. The molecule has 1 saturated carbocycles. The van der Waals surface area contributed by atoms with E-state index in [9.17, 15) is 30.6 Å². The molecule has 6 N–H and O–H groups in total. The molecule has 10 nitrogen and oxygen atoms in total. The van der Waals surface area contributed by atoms with Crippen LogP contribution >= 0.6 is 0 Å². The van der Waals surface area contributed by atoms with Crippen molar-refractivity contribution in [3.63, 3.8) is 0 Å². The Morgan fingerprint density at radius 2 is 0.641 bits per heavy atom. The van der Waals surface area contributed by atoms with E-state index in [1.807, 2.05) is 66.7 Å². The Hall–Kier alpha value is -9.00. The number of phenols is 3. The summed E-state index contributed by atoms with van der Waals surface area (Å²) in [6, 6.07) is 80.0. The zero-order valence-electron chi connectivity index (χ0n) is 53.2. The number of hydrogen-bond acceptors (Lipinski definition) is 10. The molecule has 0 bridgehead atoms. The van der Waals surface area contributed by atoms with Gasteiger partial charge in [-0.2, -0.15) is 0 Å². The van der Waals surface area contributed by atoms with E-state index in [1.54, 1.807) is 36.4 Å². The summed E-state index contributed by atoms with van der Waals surface area (Å²) >= 11 is 0. The fraction of sp³-hybridized carbons (Fsp3) is 0.268. The van der Waals surface area contributed by atoms with Gasteiger partial charge in [0, 0.05) is 70.5 Å². The smallest absolute Gasteiger partial charge is 0.115 e. The molecule has 9 aromatic rings. The number of morpholine rings is 1. The van der Waals surface area contributed by atoms with Gasteiger partial charge in [0.2, 0.25) is 0 Å². The van der Waals surface area contributed by atoms with Crippen molar-refractivity contribution in [2.75, 3.05) is 89.2 Å². The predicted octanol–water partition coefficient (Wildman–Crippen LogP) is 16.2. The van der Waals surface area contributed by atoms with Crippen molar-refractivity contribution in [1.29, 1.82) is 0 Å². The van der Waals surface area contributed by atoms with Crippen molar-refractivity contribution in [3.8, 4) is 17.2 Å². The van der Waals surface area contributed by atoms with Crippen molar-refractivity contribution in [2.45, 2.75) is 63.7 Å². The molecule has 0 unspecified atom stereocenters. The largest absolute Gasteiger partial charge is 0.508 e. The third kappa shape index (κ3) is 17.7. The number of allylic oxidation sites excluding steroid dienone is 3. The summed E-state index contributed by atoms with van der Waals surface area (Å²) in [4.78, 5) is 7.16. The van der Waals surface area contributed by atoms with Gasteiger partial charge in [0.05, 0.1) is 13.2 Å². The van der Waals surface area contributed by atoms with Crippen molar-refractivity contribution >= 4 is 44.8 Å². The fourth-order valence-corrected chi connectivity index (χ4v) is 12.6. The first-order chi connectivity index (χ1) is 45.2. The van der Waals surface area contributed by atoms with E-state index in [-0.39, 0.29) is 37.1 Å². The highest BCUT2D eigenvalue weighted by molar-refractivity contribution is 6.01. The second-order valence-corrected chi connectivity index (χ2v) is 24.0. The second kappa shape index (κ2) is 33.9. The van der Waals surface area contributed by atoms with E-state index in [0.29, 0.717) is 25.2 Å². The summed E-state index contributed by atoms with van der Waals surface area (Å²) in [5, 5.41) is 58.0. The first kappa shape index (κ1) is 65.9. The lowest BCUT2D eigenvalue weighted by molar-refractivity contribution is 0.122. The molecule has 10 heteroatoms. The molecule has 474 valence electrons. The van der Waals surface area contributed by atoms with Gasteiger partial charge in [-0.05, 0) is 214 Å². The number of phenolic OH excluding ortho intramolecular Hbond substituents is 3. The minimum Gasteiger partial charge on any atom is -0.508 e. The van der Waals surface area contributed by atoms with Crippen LogP contribution in [0.3, 0.4) is 0 Å². The molecule has 0 radical (unpaired) electrons. The van der Waals surface area contributed by atoms with Gasteiger partial charge in [-0.15, -0.1) is 0 Å². The van der Waals surface area contributed by atoms with E-state index >= 15 is 0 Å². The molecule has 2 aliphatic heterocycles. The van der Waals surface area contributed by atoms with Crippen LogP contribution < -0.4 is 9.80 Å².